The Morgan fingerprint density at radius 3 is 2.76 bits per heavy atom. The van der Waals surface area contributed by atoms with E-state index in [1.54, 1.807) is 10.9 Å². The number of hydrogen-bond acceptors (Lipinski definition) is 9. The topological polar surface area (TPSA) is 115 Å². The Hall–Kier alpha value is -3.92. The lowest BCUT2D eigenvalue weighted by molar-refractivity contribution is 0.0966. The van der Waals surface area contributed by atoms with E-state index in [1.807, 2.05) is 40.1 Å². The van der Waals surface area contributed by atoms with E-state index in [9.17, 15) is 4.79 Å². The Bertz CT molecular complexity index is 1430. The molecule has 4 heterocycles. The maximum atomic E-state index is 13.2. The molecule has 0 saturated heterocycles. The summed E-state index contributed by atoms with van der Waals surface area (Å²) < 4.78 is 7.32. The number of aryl methyl sites for hydroxylation is 1. The van der Waals surface area contributed by atoms with Gasteiger partial charge in [-0.15, -0.1) is 0 Å². The number of fused-ring (bicyclic) bond motifs is 1. The summed E-state index contributed by atoms with van der Waals surface area (Å²) in [6.07, 6.45) is 7.88. The second kappa shape index (κ2) is 10.4. The van der Waals surface area contributed by atoms with E-state index in [1.165, 1.54) is 23.7 Å². The van der Waals surface area contributed by atoms with Crippen LogP contribution in [0, 0.1) is 0 Å². The average molecular weight is 515 g/mol. The minimum Gasteiger partial charge on any atom is -0.448 e. The molecule has 3 aromatic heterocycles. The maximum absolute atomic E-state index is 13.2. The summed E-state index contributed by atoms with van der Waals surface area (Å²) in [6.45, 7) is 10.9. The van der Waals surface area contributed by atoms with Gasteiger partial charge >= 0.3 is 0 Å². The van der Waals surface area contributed by atoms with Gasteiger partial charge in [0, 0.05) is 37.2 Å². The molecule has 1 aromatic carbocycles. The molecule has 38 heavy (non-hydrogen) atoms. The van der Waals surface area contributed by atoms with Crippen LogP contribution in [-0.4, -0.2) is 53.5 Å². The Kier molecular flexibility index (Phi) is 7.07. The molecule has 0 spiro atoms. The molecule has 1 N–H and O–H groups in total. The van der Waals surface area contributed by atoms with Gasteiger partial charge < -0.3 is 9.73 Å². The molecule has 0 unspecified atom stereocenters. The van der Waals surface area contributed by atoms with Crippen molar-refractivity contribution < 1.29 is 9.21 Å². The van der Waals surface area contributed by atoms with Gasteiger partial charge in [-0.05, 0) is 42.6 Å². The molecule has 10 nitrogen and oxygen atoms in total. The molecule has 0 amide bonds. The van der Waals surface area contributed by atoms with Gasteiger partial charge in [-0.3, -0.25) is 14.4 Å². The predicted molar refractivity (Wildman–Crippen MR) is 144 cm³/mol. The number of oxazole rings is 1. The van der Waals surface area contributed by atoms with Crippen LogP contribution in [0.1, 0.15) is 74.0 Å². The highest BCUT2D eigenvalue weighted by Crippen LogP contribution is 2.34. The fourth-order valence-corrected chi connectivity index (χ4v) is 4.76. The summed E-state index contributed by atoms with van der Waals surface area (Å²) in [7, 11) is 1.86. The van der Waals surface area contributed by atoms with Crippen LogP contribution in [0.4, 0.5) is 11.6 Å². The van der Waals surface area contributed by atoms with Gasteiger partial charge in [0.2, 0.25) is 5.95 Å². The van der Waals surface area contributed by atoms with E-state index < -0.39 is 0 Å². The lowest BCUT2D eigenvalue weighted by Crippen LogP contribution is -2.22. The zero-order valence-corrected chi connectivity index (χ0v) is 22.6. The number of Topliss-reactive ketones (excluding diaryl/α,β-unsaturated/α-hetero) is 1. The van der Waals surface area contributed by atoms with Crippen LogP contribution in [-0.2, 0) is 19.0 Å². The summed E-state index contributed by atoms with van der Waals surface area (Å²) in [5.74, 6) is 1.74. The minimum absolute atomic E-state index is 0.0119. The molecule has 0 fully saturated rings. The van der Waals surface area contributed by atoms with Crippen molar-refractivity contribution in [3.8, 4) is 11.4 Å². The number of benzene rings is 1. The van der Waals surface area contributed by atoms with E-state index in [0.717, 1.165) is 37.3 Å². The van der Waals surface area contributed by atoms with Gasteiger partial charge in [0.25, 0.3) is 0 Å². The first kappa shape index (κ1) is 25.7. The Morgan fingerprint density at radius 2 is 2.05 bits per heavy atom. The smallest absolute Gasteiger partial charge is 0.230 e. The standard InChI is InChI=1S/C28H34N8O2/c1-6-36-10-9-18(12-24(37)23-16-38-26(33-23)28(2,3)4)22-8-7-19(11-20(22)14-36)25-29-17-30-27(34-25)32-21-13-31-35(5)15-21/h7-8,11,13,15-18H,6,9-10,12,14H2,1-5H3,(H,29,30,32,34)/t18-/m0/s1. The SMILES string of the molecule is CCN1CC[C@@H](CC(=O)c2coc(C(C)(C)C)n2)c2ccc(-c3ncnc(Nc4cnn(C)c4)n3)cc2C1. The van der Waals surface area contributed by atoms with Gasteiger partial charge in [-0.25, -0.2) is 15.0 Å². The lowest BCUT2D eigenvalue weighted by Gasteiger charge is -2.18. The molecule has 10 heteroatoms. The molecule has 198 valence electrons. The van der Waals surface area contributed by atoms with E-state index >= 15 is 0 Å². The molecule has 0 saturated carbocycles. The van der Waals surface area contributed by atoms with Crippen molar-refractivity contribution in [1.29, 1.82) is 0 Å². The van der Waals surface area contributed by atoms with Crippen molar-refractivity contribution in [2.75, 3.05) is 18.4 Å². The van der Waals surface area contributed by atoms with Crippen LogP contribution in [0.5, 0.6) is 0 Å². The number of anilines is 2. The van der Waals surface area contributed by atoms with Gasteiger partial charge in [0.15, 0.2) is 17.5 Å². The van der Waals surface area contributed by atoms with Crippen molar-refractivity contribution in [1.82, 2.24) is 34.6 Å². The molecule has 5 rings (SSSR count). The number of nitrogens with zero attached hydrogens (tertiary/aromatic N) is 7. The number of hydrogen-bond donors (Lipinski definition) is 1. The van der Waals surface area contributed by atoms with Crippen LogP contribution >= 0.6 is 0 Å². The second-order valence-corrected chi connectivity index (χ2v) is 10.8. The maximum Gasteiger partial charge on any atom is 0.230 e. The van der Waals surface area contributed by atoms with Gasteiger partial charge in [0.05, 0.1) is 11.9 Å². The third-order valence-corrected chi connectivity index (χ3v) is 6.87. The molecule has 1 aliphatic rings. The first-order valence-electron chi connectivity index (χ1n) is 13.0. The van der Waals surface area contributed by atoms with E-state index in [2.05, 4.69) is 54.3 Å². The largest absolute Gasteiger partial charge is 0.448 e. The average Bonchev–Trinajstić information content (AvgIpc) is 3.51. The third-order valence-electron chi connectivity index (χ3n) is 6.87. The Balaban J connectivity index is 1.40. The van der Waals surface area contributed by atoms with Crippen LogP contribution in [0.2, 0.25) is 0 Å². The lowest BCUT2D eigenvalue weighted by atomic mass is 9.87. The van der Waals surface area contributed by atoms with E-state index in [-0.39, 0.29) is 17.1 Å². The highest BCUT2D eigenvalue weighted by Gasteiger charge is 2.28. The predicted octanol–water partition coefficient (Wildman–Crippen LogP) is 4.88. The summed E-state index contributed by atoms with van der Waals surface area (Å²) >= 11 is 0. The first-order valence-corrected chi connectivity index (χ1v) is 13.0. The minimum atomic E-state index is -0.242. The quantitative estimate of drug-likeness (QED) is 0.344. The van der Waals surface area contributed by atoms with Crippen LogP contribution in [0.25, 0.3) is 11.4 Å². The molecule has 4 aromatic rings. The number of aromatic nitrogens is 6. The summed E-state index contributed by atoms with van der Waals surface area (Å²) in [5, 5.41) is 7.34. The van der Waals surface area contributed by atoms with Crippen molar-refractivity contribution in [3.63, 3.8) is 0 Å². The van der Waals surface area contributed by atoms with Crippen molar-refractivity contribution in [2.45, 2.75) is 58.4 Å². The van der Waals surface area contributed by atoms with Crippen LogP contribution in [0.3, 0.4) is 0 Å². The Labute approximate surface area is 222 Å². The molecular formula is C28H34N8O2. The number of nitrogens with one attached hydrogen (secondary N) is 1. The summed E-state index contributed by atoms with van der Waals surface area (Å²) in [6, 6.07) is 6.32. The molecule has 0 aliphatic carbocycles. The molecule has 0 radical (unpaired) electrons. The first-order chi connectivity index (χ1) is 18.2. The summed E-state index contributed by atoms with van der Waals surface area (Å²) in [4.78, 5) is 33.4. The monoisotopic (exact) mass is 514 g/mol. The van der Waals surface area contributed by atoms with Crippen molar-refractivity contribution in [3.05, 3.63) is 65.9 Å². The normalized spacial score (nSPS) is 16.2. The molecular weight excluding hydrogens is 480 g/mol. The highest BCUT2D eigenvalue weighted by atomic mass is 16.3. The number of carbonyl (C=O) groups excluding carboxylic acids is 1. The van der Waals surface area contributed by atoms with Crippen LogP contribution in [0.15, 0.2) is 47.6 Å². The molecule has 1 atom stereocenters. The Morgan fingerprint density at radius 1 is 1.21 bits per heavy atom. The van der Waals surface area contributed by atoms with E-state index in [4.69, 9.17) is 4.42 Å². The van der Waals surface area contributed by atoms with Crippen molar-refractivity contribution in [2.24, 2.45) is 7.05 Å². The molecule has 0 bridgehead atoms. The van der Waals surface area contributed by atoms with Gasteiger partial charge in [-0.1, -0.05) is 39.8 Å². The van der Waals surface area contributed by atoms with E-state index in [0.29, 0.717) is 29.8 Å². The summed E-state index contributed by atoms with van der Waals surface area (Å²) in [5.41, 5.74) is 4.27. The van der Waals surface area contributed by atoms with Gasteiger partial charge in [0.1, 0.15) is 18.3 Å². The number of rotatable bonds is 7. The van der Waals surface area contributed by atoms with Gasteiger partial charge in [-0.2, -0.15) is 10.1 Å². The highest BCUT2D eigenvalue weighted by molar-refractivity contribution is 5.94. The fourth-order valence-electron chi connectivity index (χ4n) is 4.76. The molecule has 1 aliphatic heterocycles. The van der Waals surface area contributed by atoms with Crippen molar-refractivity contribution >= 4 is 17.4 Å². The second-order valence-electron chi connectivity index (χ2n) is 10.8. The van der Waals surface area contributed by atoms with Crippen LogP contribution < -0.4 is 5.32 Å². The zero-order chi connectivity index (χ0) is 26.9. The zero-order valence-electron chi connectivity index (χ0n) is 22.6. The number of ketones is 1. The third kappa shape index (κ3) is 5.65. The number of carbonyl (C=O) groups is 1. The fraction of sp³-hybridized carbons (Fsp3) is 0.429.